The van der Waals surface area contributed by atoms with E-state index in [0.717, 1.165) is 18.4 Å². The fourth-order valence-corrected chi connectivity index (χ4v) is 4.42. The minimum absolute atomic E-state index is 0.0264. The van der Waals surface area contributed by atoms with Gasteiger partial charge in [-0.15, -0.1) is 0 Å². The van der Waals surface area contributed by atoms with Gasteiger partial charge in [0.05, 0.1) is 11.7 Å². The molecule has 0 saturated carbocycles. The number of epoxide rings is 1. The van der Waals surface area contributed by atoms with Gasteiger partial charge in [-0.25, -0.2) is 0 Å². The van der Waals surface area contributed by atoms with Crippen LogP contribution >= 0.6 is 0 Å². The van der Waals surface area contributed by atoms with Crippen LogP contribution in [0.25, 0.3) is 22.3 Å². The zero-order valence-electron chi connectivity index (χ0n) is 22.5. The third-order valence-corrected chi connectivity index (χ3v) is 6.69. The Bertz CT molecular complexity index is 1390. The van der Waals surface area contributed by atoms with Gasteiger partial charge in [0.15, 0.2) is 26.1 Å². The summed E-state index contributed by atoms with van der Waals surface area (Å²) in [7, 11) is 1.51. The molecule has 0 radical (unpaired) electrons. The van der Waals surface area contributed by atoms with Crippen LogP contribution in [0.2, 0.25) is 0 Å². The van der Waals surface area contributed by atoms with Gasteiger partial charge >= 0.3 is 0 Å². The largest absolute Gasteiger partial charge is 0.507 e. The van der Waals surface area contributed by atoms with Crippen LogP contribution in [-0.2, 0) is 15.9 Å². The maximum atomic E-state index is 13.5. The Morgan fingerprint density at radius 3 is 2.41 bits per heavy atom. The van der Waals surface area contributed by atoms with Crippen molar-refractivity contribution in [1.82, 2.24) is 0 Å². The lowest BCUT2D eigenvalue weighted by molar-refractivity contribution is 0.0511. The molecule has 0 aliphatic carbocycles. The van der Waals surface area contributed by atoms with Gasteiger partial charge in [-0.1, -0.05) is 11.6 Å². The average Bonchev–Trinajstić information content (AvgIpc) is 3.53. The molecule has 2 heterocycles. The van der Waals surface area contributed by atoms with Crippen molar-refractivity contribution in [2.75, 3.05) is 27.5 Å². The summed E-state index contributed by atoms with van der Waals surface area (Å²) in [4.78, 5) is 13.5. The predicted octanol–water partition coefficient (Wildman–Crippen LogP) is 4.25. The van der Waals surface area contributed by atoms with Crippen LogP contribution in [-0.4, -0.2) is 54.5 Å². The monoisotopic (exact) mass is 542 g/mol. The first-order chi connectivity index (χ1) is 18.7. The zero-order valence-corrected chi connectivity index (χ0v) is 22.5. The highest BCUT2D eigenvalue weighted by atomic mass is 16.7. The molecule has 0 amide bonds. The third kappa shape index (κ3) is 6.36. The van der Waals surface area contributed by atoms with E-state index in [2.05, 4.69) is 13.8 Å². The standard InChI is InChI=1S/C29H34O10/c1-17(6-12-23-29(2,3)39-23)5-11-20-21(35-14-30)13-22-24(25(20)32)26(33)28(36-15-31)27(38-22)18-7-9-19(10-8-18)37-16-34-4/h5,7-10,13,23,30-32H,6,11-12,14-16H2,1-4H3/b17-5+/t23-/m1/s1. The number of ether oxygens (including phenoxy) is 5. The number of methoxy groups -OCH3 is 1. The summed E-state index contributed by atoms with van der Waals surface area (Å²) in [6.45, 7) is 4.75. The Kier molecular flexibility index (Phi) is 8.81. The van der Waals surface area contributed by atoms with Crippen LogP contribution in [0.1, 0.15) is 39.2 Å². The first-order valence-electron chi connectivity index (χ1n) is 12.6. The second-order valence-electron chi connectivity index (χ2n) is 9.79. The molecule has 0 spiro atoms. The fourth-order valence-electron chi connectivity index (χ4n) is 4.42. The van der Waals surface area contributed by atoms with E-state index in [4.69, 9.17) is 28.1 Å². The first kappa shape index (κ1) is 28.4. The molecule has 3 N–H and O–H groups in total. The molecule has 1 fully saturated rings. The van der Waals surface area contributed by atoms with E-state index in [1.54, 1.807) is 24.3 Å². The molecule has 10 nitrogen and oxygen atoms in total. The third-order valence-electron chi connectivity index (χ3n) is 6.69. The van der Waals surface area contributed by atoms with E-state index in [1.807, 2.05) is 13.0 Å². The summed E-state index contributed by atoms with van der Waals surface area (Å²) in [5, 5.41) is 30.0. The number of hydrogen-bond acceptors (Lipinski definition) is 10. The molecule has 0 unspecified atom stereocenters. The van der Waals surface area contributed by atoms with Crippen LogP contribution in [0.3, 0.4) is 0 Å². The number of benzene rings is 2. The molecule has 1 saturated heterocycles. The summed E-state index contributed by atoms with van der Waals surface area (Å²) >= 11 is 0. The van der Waals surface area contributed by atoms with Crippen molar-refractivity contribution >= 4 is 11.0 Å². The van der Waals surface area contributed by atoms with Gasteiger partial charge in [0.25, 0.3) is 0 Å². The zero-order chi connectivity index (χ0) is 28.2. The van der Waals surface area contributed by atoms with Crippen LogP contribution < -0.4 is 19.6 Å². The molecule has 1 atom stereocenters. The number of rotatable bonds is 13. The smallest absolute Gasteiger partial charge is 0.239 e. The van der Waals surface area contributed by atoms with Gasteiger partial charge in [0, 0.05) is 24.3 Å². The summed E-state index contributed by atoms with van der Waals surface area (Å²) in [6.07, 6.45) is 4.11. The Hall–Kier alpha value is -3.57. The Morgan fingerprint density at radius 1 is 1.10 bits per heavy atom. The van der Waals surface area contributed by atoms with Crippen molar-refractivity contribution in [3.05, 3.63) is 57.8 Å². The second-order valence-corrected chi connectivity index (χ2v) is 9.79. The molecule has 210 valence electrons. The number of hydrogen-bond donors (Lipinski definition) is 3. The number of aromatic hydroxyl groups is 1. The lowest BCUT2D eigenvalue weighted by Crippen LogP contribution is -2.12. The topological polar surface area (TPSA) is 140 Å². The first-order valence-corrected chi connectivity index (χ1v) is 12.6. The molecular formula is C29H34O10. The van der Waals surface area contributed by atoms with Crippen molar-refractivity contribution < 1.29 is 43.4 Å². The molecule has 3 aromatic rings. The minimum Gasteiger partial charge on any atom is -0.507 e. The summed E-state index contributed by atoms with van der Waals surface area (Å²) in [5.74, 6) is 0.143. The Balaban J connectivity index is 1.73. The summed E-state index contributed by atoms with van der Waals surface area (Å²) < 4.78 is 32.6. The molecule has 1 aromatic heterocycles. The maximum absolute atomic E-state index is 13.5. The molecular weight excluding hydrogens is 508 g/mol. The van der Waals surface area contributed by atoms with Gasteiger partial charge in [0.2, 0.25) is 11.2 Å². The summed E-state index contributed by atoms with van der Waals surface area (Å²) in [5.41, 5.74) is 1.15. The summed E-state index contributed by atoms with van der Waals surface area (Å²) in [6, 6.07) is 8.08. The average molecular weight is 543 g/mol. The van der Waals surface area contributed by atoms with Crippen molar-refractivity contribution in [2.24, 2.45) is 0 Å². The number of aliphatic hydroxyl groups is 2. The highest BCUT2D eigenvalue weighted by Gasteiger charge is 2.46. The van der Waals surface area contributed by atoms with Gasteiger partial charge in [0.1, 0.15) is 28.2 Å². The SMILES string of the molecule is COCOc1ccc(-c2oc3cc(OCO)c(C/C=C(\C)CC[C@H]4OC4(C)C)c(O)c3c(=O)c2OCO)cc1. The van der Waals surface area contributed by atoms with Gasteiger partial charge in [-0.3, -0.25) is 4.79 Å². The quantitative estimate of drug-likeness (QED) is 0.163. The number of aliphatic hydroxyl groups excluding tert-OH is 2. The minimum atomic E-state index is -0.777. The van der Waals surface area contributed by atoms with Crippen molar-refractivity contribution in [3.63, 3.8) is 0 Å². The highest BCUT2D eigenvalue weighted by Crippen LogP contribution is 2.41. The van der Waals surface area contributed by atoms with E-state index in [1.165, 1.54) is 13.2 Å². The molecule has 39 heavy (non-hydrogen) atoms. The lowest BCUT2D eigenvalue weighted by Gasteiger charge is -2.15. The Labute approximate surface area is 226 Å². The van der Waals surface area contributed by atoms with E-state index in [0.29, 0.717) is 16.9 Å². The van der Waals surface area contributed by atoms with Crippen LogP contribution in [0.15, 0.2) is 51.2 Å². The van der Waals surface area contributed by atoms with Crippen LogP contribution in [0.5, 0.6) is 23.0 Å². The fraction of sp³-hybridized carbons (Fsp3) is 0.414. The van der Waals surface area contributed by atoms with Crippen LogP contribution in [0.4, 0.5) is 0 Å². The molecule has 4 rings (SSSR count). The lowest BCUT2D eigenvalue weighted by atomic mass is 10.00. The molecule has 10 heteroatoms. The normalized spacial score (nSPS) is 16.4. The van der Waals surface area contributed by atoms with Gasteiger partial charge in [-0.2, -0.15) is 0 Å². The van der Waals surface area contributed by atoms with Crippen LogP contribution in [0, 0.1) is 0 Å². The predicted molar refractivity (Wildman–Crippen MR) is 143 cm³/mol. The molecule has 1 aliphatic heterocycles. The van der Waals surface area contributed by atoms with Crippen molar-refractivity contribution in [2.45, 2.75) is 51.7 Å². The van der Waals surface area contributed by atoms with E-state index in [9.17, 15) is 20.1 Å². The van der Waals surface area contributed by atoms with Gasteiger partial charge < -0.3 is 43.4 Å². The Morgan fingerprint density at radius 2 is 1.79 bits per heavy atom. The van der Waals surface area contributed by atoms with Crippen molar-refractivity contribution in [1.29, 1.82) is 0 Å². The van der Waals surface area contributed by atoms with E-state index < -0.39 is 19.0 Å². The second kappa shape index (κ2) is 12.1. The van der Waals surface area contributed by atoms with E-state index in [-0.39, 0.29) is 58.9 Å². The van der Waals surface area contributed by atoms with E-state index >= 15 is 0 Å². The molecule has 0 bridgehead atoms. The molecule has 2 aromatic carbocycles. The number of allylic oxidation sites excluding steroid dienone is 2. The number of fused-ring (bicyclic) bond motifs is 1. The van der Waals surface area contributed by atoms with Crippen molar-refractivity contribution in [3.8, 4) is 34.3 Å². The molecule has 1 aliphatic rings. The highest BCUT2D eigenvalue weighted by molar-refractivity contribution is 5.90. The maximum Gasteiger partial charge on any atom is 0.239 e. The van der Waals surface area contributed by atoms with Gasteiger partial charge in [-0.05, 0) is 64.3 Å². The number of phenolic OH excluding ortho intramolecular Hbond substituents is 1. The number of phenols is 1.